The zero-order valence-electron chi connectivity index (χ0n) is 31.4. The van der Waals surface area contributed by atoms with Gasteiger partial charge in [-0.05, 0) is 69.8 Å². The summed E-state index contributed by atoms with van der Waals surface area (Å²) in [5.41, 5.74) is 16.1. The molecule has 3 unspecified atom stereocenters. The molecule has 58 heavy (non-hydrogen) atoms. The van der Waals surface area contributed by atoms with Crippen molar-refractivity contribution in [3.05, 3.63) is 211 Å². The summed E-state index contributed by atoms with van der Waals surface area (Å²) in [6, 6.07) is 54.9. The van der Waals surface area contributed by atoms with Gasteiger partial charge in [-0.1, -0.05) is 152 Å². The van der Waals surface area contributed by atoms with Gasteiger partial charge in [-0.3, -0.25) is 4.99 Å². The third kappa shape index (κ3) is 4.60. The monoisotopic (exact) mass is 741 g/mol. The number of allylic oxidation sites excluding steroid dienone is 4. The Hall–Kier alpha value is -7.43. The molecular weight excluding hydrogens is 707 g/mol. The SMILES string of the molecule is C1=CC2C=CC3=C(NC(c4ccc(-c5cc6c7ccccc7n7c8ccccc8c(c5)c67)cc4)C=C3)C2N=C1c1ccc(-c2cccc3c2oc2ccccc23)cc1. The highest BCUT2D eigenvalue weighted by Crippen LogP contribution is 2.42. The lowest BCUT2D eigenvalue weighted by Gasteiger charge is -2.35. The van der Waals surface area contributed by atoms with Crippen molar-refractivity contribution in [2.75, 3.05) is 0 Å². The molecule has 0 fully saturated rings. The molecule has 13 rings (SSSR count). The van der Waals surface area contributed by atoms with E-state index in [0.717, 1.165) is 44.3 Å². The quantitative estimate of drug-likeness (QED) is 0.195. The standard InChI is InChI=1S/C54H35N3O/c1-4-13-48-40(8-1)44-30-38(31-45-41-9-2-5-14-49(41)57(48)53(44)45)32-16-20-34(21-17-32)46-28-26-36-24-25-37-27-29-47(56-52(37)51(36)55-46)35-22-18-33(19-23-35)39-11-7-12-43-42-10-3-6-15-50(42)58-54(39)43/h1-31,37,46,52,55H. The molecule has 4 heteroatoms. The van der Waals surface area contributed by atoms with Crippen molar-refractivity contribution in [2.24, 2.45) is 10.9 Å². The van der Waals surface area contributed by atoms with Crippen LogP contribution >= 0.6 is 0 Å². The highest BCUT2D eigenvalue weighted by molar-refractivity contribution is 6.24. The Labute approximate surface area is 334 Å². The number of nitrogens with one attached hydrogen (secondary N) is 1. The van der Waals surface area contributed by atoms with E-state index >= 15 is 0 Å². The van der Waals surface area contributed by atoms with Crippen molar-refractivity contribution in [1.29, 1.82) is 0 Å². The van der Waals surface area contributed by atoms with E-state index in [1.165, 1.54) is 66.1 Å². The van der Waals surface area contributed by atoms with Gasteiger partial charge in [0.25, 0.3) is 0 Å². The van der Waals surface area contributed by atoms with Crippen molar-refractivity contribution >= 4 is 65.7 Å². The Balaban J connectivity index is 0.794. The summed E-state index contributed by atoms with van der Waals surface area (Å²) in [6.45, 7) is 0. The number of aromatic nitrogens is 1. The normalized spacial score (nSPS) is 18.8. The van der Waals surface area contributed by atoms with E-state index in [0.29, 0.717) is 0 Å². The maximum atomic E-state index is 6.35. The Kier molecular flexibility index (Phi) is 6.59. The maximum Gasteiger partial charge on any atom is 0.143 e. The summed E-state index contributed by atoms with van der Waals surface area (Å²) in [4.78, 5) is 5.40. The highest BCUT2D eigenvalue weighted by atomic mass is 16.3. The molecule has 0 amide bonds. The first kappa shape index (κ1) is 31.7. The smallest absolute Gasteiger partial charge is 0.143 e. The summed E-state index contributed by atoms with van der Waals surface area (Å²) in [6.07, 6.45) is 13.6. The molecule has 272 valence electrons. The number of hydrogen-bond donors (Lipinski definition) is 1. The largest absolute Gasteiger partial charge is 0.455 e. The molecule has 2 aliphatic heterocycles. The molecule has 4 nitrogen and oxygen atoms in total. The molecule has 0 saturated heterocycles. The van der Waals surface area contributed by atoms with Crippen molar-refractivity contribution in [3.8, 4) is 22.3 Å². The van der Waals surface area contributed by atoms with Crippen LogP contribution in [-0.4, -0.2) is 16.2 Å². The van der Waals surface area contributed by atoms with Gasteiger partial charge < -0.3 is 14.1 Å². The number of fused-ring (bicyclic) bond motifs is 11. The van der Waals surface area contributed by atoms with Crippen LogP contribution in [0, 0.1) is 5.92 Å². The molecule has 3 atom stereocenters. The average Bonchev–Trinajstić information content (AvgIpc) is 3.96. The first-order chi connectivity index (χ1) is 28.7. The third-order valence-corrected chi connectivity index (χ3v) is 12.7. The predicted octanol–water partition coefficient (Wildman–Crippen LogP) is 13.1. The summed E-state index contributed by atoms with van der Waals surface area (Å²) in [5.74, 6) is 0.206. The Morgan fingerprint density at radius 3 is 1.93 bits per heavy atom. The Bertz CT molecular complexity index is 3400. The van der Waals surface area contributed by atoms with Gasteiger partial charge in [0.1, 0.15) is 17.2 Å². The average molecular weight is 742 g/mol. The lowest BCUT2D eigenvalue weighted by atomic mass is 9.83. The molecule has 3 aliphatic rings. The number of nitrogens with zero attached hydrogens (tertiary/aromatic N) is 2. The van der Waals surface area contributed by atoms with Gasteiger partial charge >= 0.3 is 0 Å². The molecule has 0 bridgehead atoms. The van der Waals surface area contributed by atoms with E-state index in [1.54, 1.807) is 0 Å². The van der Waals surface area contributed by atoms with Gasteiger partial charge in [0.05, 0.1) is 28.3 Å². The molecular formula is C54H35N3O. The molecule has 10 aromatic rings. The van der Waals surface area contributed by atoms with Crippen molar-refractivity contribution in [3.63, 3.8) is 0 Å². The van der Waals surface area contributed by atoms with E-state index < -0.39 is 0 Å². The summed E-state index contributed by atoms with van der Waals surface area (Å²) >= 11 is 0. The van der Waals surface area contributed by atoms with E-state index in [-0.39, 0.29) is 18.0 Å². The van der Waals surface area contributed by atoms with Gasteiger partial charge in [-0.25, -0.2) is 0 Å². The second-order valence-corrected chi connectivity index (χ2v) is 15.9. The topological polar surface area (TPSA) is 41.9 Å². The summed E-state index contributed by atoms with van der Waals surface area (Å²) in [5, 5.41) is 11.4. The lowest BCUT2D eigenvalue weighted by Crippen LogP contribution is -2.36. The lowest BCUT2D eigenvalue weighted by molar-refractivity contribution is 0.556. The minimum absolute atomic E-state index is 0.0136. The first-order valence-corrected chi connectivity index (χ1v) is 20.1. The van der Waals surface area contributed by atoms with Gasteiger partial charge in [0, 0.05) is 49.5 Å². The second-order valence-electron chi connectivity index (χ2n) is 15.9. The van der Waals surface area contributed by atoms with Crippen LogP contribution in [0.15, 0.2) is 209 Å². The maximum absolute atomic E-state index is 6.35. The molecule has 5 heterocycles. The van der Waals surface area contributed by atoms with Gasteiger partial charge in [-0.2, -0.15) is 0 Å². The van der Waals surface area contributed by atoms with E-state index in [4.69, 9.17) is 9.41 Å². The van der Waals surface area contributed by atoms with Gasteiger partial charge in [-0.15, -0.1) is 0 Å². The fourth-order valence-corrected chi connectivity index (χ4v) is 9.88. The zero-order chi connectivity index (χ0) is 37.9. The van der Waals surface area contributed by atoms with Crippen LogP contribution in [0.1, 0.15) is 17.2 Å². The molecule has 1 aliphatic carbocycles. The van der Waals surface area contributed by atoms with Crippen LogP contribution < -0.4 is 5.32 Å². The molecule has 0 spiro atoms. The number of hydrogen-bond acceptors (Lipinski definition) is 3. The number of rotatable bonds is 4. The molecule has 1 N–H and O–H groups in total. The number of benzene rings is 7. The van der Waals surface area contributed by atoms with E-state index in [1.807, 2.05) is 12.1 Å². The number of aliphatic imine (C=N–C) groups is 1. The van der Waals surface area contributed by atoms with Crippen molar-refractivity contribution in [1.82, 2.24) is 9.72 Å². The van der Waals surface area contributed by atoms with Crippen LogP contribution in [0.25, 0.3) is 82.3 Å². The van der Waals surface area contributed by atoms with Crippen molar-refractivity contribution < 1.29 is 4.42 Å². The van der Waals surface area contributed by atoms with Crippen LogP contribution in [0.5, 0.6) is 0 Å². The van der Waals surface area contributed by atoms with Crippen LogP contribution in [0.4, 0.5) is 0 Å². The van der Waals surface area contributed by atoms with Crippen LogP contribution in [-0.2, 0) is 0 Å². The Morgan fingerprint density at radius 1 is 0.517 bits per heavy atom. The van der Waals surface area contributed by atoms with Gasteiger partial charge in [0.15, 0.2) is 0 Å². The molecule has 3 aromatic heterocycles. The summed E-state index contributed by atoms with van der Waals surface area (Å²) < 4.78 is 8.78. The third-order valence-electron chi connectivity index (χ3n) is 12.7. The van der Waals surface area contributed by atoms with Crippen LogP contribution in [0.2, 0.25) is 0 Å². The second kappa shape index (κ2) is 12.0. The fourth-order valence-electron chi connectivity index (χ4n) is 9.88. The minimum atomic E-state index is -0.0136. The Morgan fingerprint density at radius 2 is 1.16 bits per heavy atom. The fraction of sp³-hybridized carbons (Fsp3) is 0.0556. The van der Waals surface area contributed by atoms with Crippen molar-refractivity contribution in [2.45, 2.75) is 12.1 Å². The minimum Gasteiger partial charge on any atom is -0.455 e. The number of furan rings is 1. The molecule has 7 aromatic carbocycles. The summed E-state index contributed by atoms with van der Waals surface area (Å²) in [7, 11) is 0. The predicted molar refractivity (Wildman–Crippen MR) is 240 cm³/mol. The zero-order valence-corrected chi connectivity index (χ0v) is 31.4. The molecule has 0 saturated carbocycles. The van der Waals surface area contributed by atoms with E-state index in [2.05, 4.69) is 186 Å². The van der Waals surface area contributed by atoms with E-state index in [9.17, 15) is 0 Å². The highest BCUT2D eigenvalue weighted by Gasteiger charge is 2.32. The van der Waals surface area contributed by atoms with Crippen LogP contribution in [0.3, 0.4) is 0 Å². The number of para-hydroxylation sites is 4. The molecule has 0 radical (unpaired) electrons. The number of dihydropyridines is 2. The van der Waals surface area contributed by atoms with Gasteiger partial charge in [0.2, 0.25) is 0 Å². The first-order valence-electron chi connectivity index (χ1n) is 20.1.